The van der Waals surface area contributed by atoms with E-state index in [2.05, 4.69) is 4.98 Å². The fourth-order valence-corrected chi connectivity index (χ4v) is 1.68. The van der Waals surface area contributed by atoms with Gasteiger partial charge in [0.2, 0.25) is 0 Å². The Morgan fingerprint density at radius 2 is 1.90 bits per heavy atom. The van der Waals surface area contributed by atoms with Gasteiger partial charge in [0, 0.05) is 43.3 Å². The second-order valence-corrected chi connectivity index (χ2v) is 4.06. The molecule has 0 aliphatic heterocycles. The van der Waals surface area contributed by atoms with Crippen LogP contribution in [0.4, 0.5) is 11.4 Å². The first-order valence-corrected chi connectivity index (χ1v) is 5.70. The van der Waals surface area contributed by atoms with Crippen molar-refractivity contribution in [3.63, 3.8) is 0 Å². The molecule has 0 saturated carbocycles. The average molecular weight is 273 g/mol. The van der Waals surface area contributed by atoms with Gasteiger partial charge in [-0.3, -0.25) is 19.7 Å². The molecule has 0 unspecified atom stereocenters. The smallest absolute Gasteiger partial charge is 0.269 e. The zero-order valence-corrected chi connectivity index (χ0v) is 10.6. The van der Waals surface area contributed by atoms with Crippen molar-refractivity contribution in [1.29, 1.82) is 0 Å². The molecule has 1 amide bonds. The monoisotopic (exact) mass is 273 g/mol. The van der Waals surface area contributed by atoms with E-state index in [1.54, 1.807) is 0 Å². The number of amides is 1. The number of nitrogens with one attached hydrogen (secondary N) is 1. The predicted molar refractivity (Wildman–Crippen MR) is 72.9 cm³/mol. The standard InChI is InChI=1S/C13H11N3O4/c1-15(9-2-4-10(5-3-9)16(19)20)13(18)11-8-14-7-6-12(11)17/h2-8H,1H3,(H,14,17). The number of anilines is 1. The number of nitro benzene ring substituents is 1. The molecule has 0 spiro atoms. The van der Waals surface area contributed by atoms with Crippen LogP contribution < -0.4 is 10.3 Å². The Bertz CT molecular complexity index is 706. The predicted octanol–water partition coefficient (Wildman–Crippen LogP) is 1.56. The van der Waals surface area contributed by atoms with Crippen molar-refractivity contribution >= 4 is 17.3 Å². The molecule has 0 radical (unpaired) electrons. The van der Waals surface area contributed by atoms with Crippen LogP contribution in [0.15, 0.2) is 47.5 Å². The number of nitrogens with zero attached hydrogens (tertiary/aromatic N) is 2. The van der Waals surface area contributed by atoms with Crippen LogP contribution in [0.2, 0.25) is 0 Å². The molecule has 1 aromatic heterocycles. The average Bonchev–Trinajstić information content (AvgIpc) is 2.46. The SMILES string of the molecule is CN(C(=O)c1c[nH]ccc1=O)c1ccc([N+](=O)[O-])cc1. The molecule has 0 aliphatic rings. The second-order valence-electron chi connectivity index (χ2n) is 4.06. The Hall–Kier alpha value is -2.96. The summed E-state index contributed by atoms with van der Waals surface area (Å²) in [5.41, 5.74) is 0.0203. The van der Waals surface area contributed by atoms with E-state index in [1.807, 2.05) is 0 Å². The third kappa shape index (κ3) is 2.56. The van der Waals surface area contributed by atoms with E-state index in [9.17, 15) is 19.7 Å². The summed E-state index contributed by atoms with van der Waals surface area (Å²) in [4.78, 5) is 37.7. The molecule has 2 rings (SSSR count). The highest BCUT2D eigenvalue weighted by Crippen LogP contribution is 2.19. The molecular formula is C13H11N3O4. The summed E-state index contributed by atoms with van der Waals surface area (Å²) in [5.74, 6) is -0.485. The van der Waals surface area contributed by atoms with E-state index in [0.29, 0.717) is 5.69 Å². The summed E-state index contributed by atoms with van der Waals surface area (Å²) in [6, 6.07) is 6.76. The molecule has 0 bridgehead atoms. The highest BCUT2D eigenvalue weighted by molar-refractivity contribution is 6.05. The Morgan fingerprint density at radius 3 is 2.45 bits per heavy atom. The number of benzene rings is 1. The molecule has 0 saturated heterocycles. The first kappa shape index (κ1) is 13.5. The lowest BCUT2D eigenvalue weighted by Gasteiger charge is -2.16. The lowest BCUT2D eigenvalue weighted by Crippen LogP contribution is -2.30. The van der Waals surface area contributed by atoms with Crippen molar-refractivity contribution in [3.8, 4) is 0 Å². The number of rotatable bonds is 3. The molecule has 2 aromatic rings. The molecule has 1 aromatic carbocycles. The van der Waals surface area contributed by atoms with Gasteiger partial charge in [0.1, 0.15) is 5.56 Å². The number of non-ortho nitro benzene ring substituents is 1. The highest BCUT2D eigenvalue weighted by Gasteiger charge is 2.17. The van der Waals surface area contributed by atoms with Gasteiger partial charge >= 0.3 is 0 Å². The second kappa shape index (κ2) is 5.35. The van der Waals surface area contributed by atoms with Crippen molar-refractivity contribution < 1.29 is 9.72 Å². The minimum absolute atomic E-state index is 0.00773. The number of aromatic nitrogens is 1. The molecular weight excluding hydrogens is 262 g/mol. The Balaban J connectivity index is 2.29. The molecule has 1 heterocycles. The summed E-state index contributed by atoms with van der Waals surface area (Å²) in [7, 11) is 1.50. The maximum absolute atomic E-state index is 12.2. The van der Waals surface area contributed by atoms with Crippen LogP contribution in [-0.2, 0) is 0 Å². The number of hydrogen-bond donors (Lipinski definition) is 1. The number of nitro groups is 1. The van der Waals surface area contributed by atoms with Gasteiger partial charge in [-0.2, -0.15) is 0 Å². The van der Waals surface area contributed by atoms with E-state index < -0.39 is 10.8 Å². The van der Waals surface area contributed by atoms with Gasteiger partial charge in [-0.15, -0.1) is 0 Å². The first-order valence-electron chi connectivity index (χ1n) is 5.70. The van der Waals surface area contributed by atoms with E-state index in [4.69, 9.17) is 0 Å². The van der Waals surface area contributed by atoms with Crippen molar-refractivity contribution in [2.75, 3.05) is 11.9 Å². The fourth-order valence-electron chi connectivity index (χ4n) is 1.68. The number of pyridine rings is 1. The van der Waals surface area contributed by atoms with E-state index in [1.165, 1.54) is 54.7 Å². The Morgan fingerprint density at radius 1 is 1.25 bits per heavy atom. The van der Waals surface area contributed by atoms with Crippen LogP contribution in [0.25, 0.3) is 0 Å². The van der Waals surface area contributed by atoms with Crippen LogP contribution in [0.5, 0.6) is 0 Å². The molecule has 0 aliphatic carbocycles. The molecule has 102 valence electrons. The van der Waals surface area contributed by atoms with Crippen molar-refractivity contribution in [3.05, 3.63) is 68.6 Å². The quantitative estimate of drug-likeness (QED) is 0.678. The first-order chi connectivity index (χ1) is 9.50. The number of carbonyl (C=O) groups excluding carboxylic acids is 1. The van der Waals surface area contributed by atoms with Crippen LogP contribution in [0, 0.1) is 10.1 Å². The van der Waals surface area contributed by atoms with E-state index in [0.717, 1.165) is 0 Å². The van der Waals surface area contributed by atoms with Crippen molar-refractivity contribution in [2.45, 2.75) is 0 Å². The normalized spacial score (nSPS) is 10.1. The maximum Gasteiger partial charge on any atom is 0.269 e. The molecule has 7 nitrogen and oxygen atoms in total. The van der Waals surface area contributed by atoms with Gasteiger partial charge in [-0.05, 0) is 12.1 Å². The van der Waals surface area contributed by atoms with Crippen LogP contribution in [0.1, 0.15) is 10.4 Å². The van der Waals surface area contributed by atoms with E-state index >= 15 is 0 Å². The maximum atomic E-state index is 12.2. The largest absolute Gasteiger partial charge is 0.367 e. The summed E-state index contributed by atoms with van der Waals surface area (Å²) < 4.78 is 0. The third-order valence-electron chi connectivity index (χ3n) is 2.81. The lowest BCUT2D eigenvalue weighted by molar-refractivity contribution is -0.384. The minimum atomic E-state index is -0.520. The number of hydrogen-bond acceptors (Lipinski definition) is 4. The fraction of sp³-hybridized carbons (Fsp3) is 0.0769. The van der Waals surface area contributed by atoms with Gasteiger partial charge in [-0.25, -0.2) is 0 Å². The summed E-state index contributed by atoms with van der Waals surface area (Å²) in [6.07, 6.45) is 2.76. The number of H-pyrrole nitrogens is 1. The highest BCUT2D eigenvalue weighted by atomic mass is 16.6. The van der Waals surface area contributed by atoms with Crippen molar-refractivity contribution in [2.24, 2.45) is 0 Å². The van der Waals surface area contributed by atoms with Crippen LogP contribution >= 0.6 is 0 Å². The minimum Gasteiger partial charge on any atom is -0.367 e. The summed E-state index contributed by atoms with van der Waals surface area (Å²) in [6.45, 7) is 0. The van der Waals surface area contributed by atoms with Gasteiger partial charge in [-0.1, -0.05) is 0 Å². The number of aromatic amines is 1. The molecule has 0 atom stereocenters. The van der Waals surface area contributed by atoms with Crippen LogP contribution in [-0.4, -0.2) is 22.9 Å². The van der Waals surface area contributed by atoms with E-state index in [-0.39, 0.29) is 16.7 Å². The Labute approximate surface area is 113 Å². The van der Waals surface area contributed by atoms with Gasteiger partial charge in [0.05, 0.1) is 4.92 Å². The molecule has 7 heteroatoms. The molecule has 1 N–H and O–H groups in total. The topological polar surface area (TPSA) is 96.3 Å². The summed E-state index contributed by atoms with van der Waals surface area (Å²) in [5, 5.41) is 10.6. The van der Waals surface area contributed by atoms with Gasteiger partial charge < -0.3 is 9.88 Å². The third-order valence-corrected chi connectivity index (χ3v) is 2.81. The van der Waals surface area contributed by atoms with Crippen LogP contribution in [0.3, 0.4) is 0 Å². The lowest BCUT2D eigenvalue weighted by atomic mass is 10.2. The summed E-state index contributed by atoms with van der Waals surface area (Å²) >= 11 is 0. The molecule has 20 heavy (non-hydrogen) atoms. The number of carbonyl (C=O) groups is 1. The Kier molecular flexibility index (Phi) is 3.60. The van der Waals surface area contributed by atoms with Crippen molar-refractivity contribution in [1.82, 2.24) is 4.98 Å². The zero-order chi connectivity index (χ0) is 14.7. The van der Waals surface area contributed by atoms with Gasteiger partial charge in [0.15, 0.2) is 5.43 Å². The van der Waals surface area contributed by atoms with Gasteiger partial charge in [0.25, 0.3) is 11.6 Å². The zero-order valence-electron chi connectivity index (χ0n) is 10.6. The molecule has 0 fully saturated rings.